The van der Waals surface area contributed by atoms with E-state index in [9.17, 15) is 9.59 Å². The van der Waals surface area contributed by atoms with E-state index in [1.165, 1.54) is 0 Å². The van der Waals surface area contributed by atoms with Crippen LogP contribution < -0.4 is 5.32 Å². The van der Waals surface area contributed by atoms with Crippen molar-refractivity contribution in [2.75, 3.05) is 13.2 Å². The molecule has 0 aromatic rings. The lowest BCUT2D eigenvalue weighted by Crippen LogP contribution is -2.68. The molecule has 108 valence electrons. The van der Waals surface area contributed by atoms with Crippen molar-refractivity contribution in [1.82, 2.24) is 10.2 Å². The third-order valence-corrected chi connectivity index (χ3v) is 4.45. The summed E-state index contributed by atoms with van der Waals surface area (Å²) in [5.74, 6) is -0.0770. The van der Waals surface area contributed by atoms with Gasteiger partial charge in [-0.15, -0.1) is 0 Å². The fraction of sp³-hybridized carbons (Fsp3) is 0.857. The summed E-state index contributed by atoms with van der Waals surface area (Å²) in [6.45, 7) is 10.7. The number of amides is 2. The summed E-state index contributed by atoms with van der Waals surface area (Å²) in [6.07, 6.45) is 0.743. The summed E-state index contributed by atoms with van der Waals surface area (Å²) in [5, 5.41) is 2.82. The van der Waals surface area contributed by atoms with Gasteiger partial charge in [0.15, 0.2) is 0 Å². The average Bonchev–Trinajstić information content (AvgIpc) is 2.61. The normalized spacial score (nSPS) is 36.6. The molecule has 19 heavy (non-hydrogen) atoms. The van der Waals surface area contributed by atoms with E-state index in [2.05, 4.69) is 5.32 Å². The molecule has 0 aromatic heterocycles. The van der Waals surface area contributed by atoms with E-state index >= 15 is 0 Å². The number of nitrogens with one attached hydrogen (secondary N) is 1. The Labute approximate surface area is 114 Å². The molecule has 0 bridgehead atoms. The molecule has 3 atom stereocenters. The number of piperazine rings is 1. The van der Waals surface area contributed by atoms with Gasteiger partial charge in [0.25, 0.3) is 0 Å². The Hall–Kier alpha value is -1.10. The van der Waals surface area contributed by atoms with Crippen LogP contribution in [0.25, 0.3) is 0 Å². The summed E-state index contributed by atoms with van der Waals surface area (Å²) in [5.41, 5.74) is -0.664. The molecule has 5 heteroatoms. The first-order valence-corrected chi connectivity index (χ1v) is 6.89. The van der Waals surface area contributed by atoms with E-state index in [1.807, 2.05) is 34.6 Å². The molecule has 2 rings (SSSR count). The smallest absolute Gasteiger partial charge is 0.246 e. The van der Waals surface area contributed by atoms with Crippen LogP contribution >= 0.6 is 0 Å². The lowest BCUT2D eigenvalue weighted by molar-refractivity contribution is -0.155. The van der Waals surface area contributed by atoms with Crippen LogP contribution in [-0.4, -0.2) is 47.6 Å². The molecule has 0 aromatic carbocycles. The largest absolute Gasteiger partial charge is 0.376 e. The molecule has 0 aliphatic carbocycles. The number of ether oxygens (including phenoxy) is 1. The fourth-order valence-corrected chi connectivity index (χ4v) is 2.84. The van der Waals surface area contributed by atoms with Crippen LogP contribution in [0.15, 0.2) is 0 Å². The molecule has 0 spiro atoms. The van der Waals surface area contributed by atoms with Gasteiger partial charge in [-0.05, 0) is 25.7 Å². The molecule has 2 fully saturated rings. The highest BCUT2D eigenvalue weighted by Crippen LogP contribution is 2.35. The number of nitrogens with zero attached hydrogens (tertiary/aromatic N) is 1. The van der Waals surface area contributed by atoms with Crippen LogP contribution in [0.3, 0.4) is 0 Å². The van der Waals surface area contributed by atoms with Gasteiger partial charge in [-0.25, -0.2) is 0 Å². The van der Waals surface area contributed by atoms with Crippen molar-refractivity contribution in [2.45, 2.75) is 58.7 Å². The quantitative estimate of drug-likeness (QED) is 0.769. The van der Waals surface area contributed by atoms with Crippen molar-refractivity contribution >= 4 is 11.8 Å². The standard InChI is InChI=1S/C14H24N2O3/c1-9-14(5,6-7-19-9)16-8-10(17)15-11(12(16)18)13(2,3)4/h9,11H,6-8H2,1-5H3,(H,15,17). The van der Waals surface area contributed by atoms with E-state index < -0.39 is 6.04 Å². The molecule has 3 unspecified atom stereocenters. The van der Waals surface area contributed by atoms with Crippen LogP contribution in [0.1, 0.15) is 41.0 Å². The minimum atomic E-state index is -0.460. The Morgan fingerprint density at radius 2 is 2.00 bits per heavy atom. The molecule has 0 saturated carbocycles. The highest BCUT2D eigenvalue weighted by Gasteiger charge is 2.50. The van der Waals surface area contributed by atoms with Gasteiger partial charge in [-0.2, -0.15) is 0 Å². The van der Waals surface area contributed by atoms with Gasteiger partial charge in [0.05, 0.1) is 11.6 Å². The van der Waals surface area contributed by atoms with Crippen molar-refractivity contribution in [1.29, 1.82) is 0 Å². The molecular formula is C14H24N2O3. The first-order chi connectivity index (χ1) is 8.66. The number of carbonyl (C=O) groups is 2. The van der Waals surface area contributed by atoms with Gasteiger partial charge in [0.2, 0.25) is 11.8 Å². The molecular weight excluding hydrogens is 244 g/mol. The molecule has 2 amide bonds. The lowest BCUT2D eigenvalue weighted by Gasteiger charge is -2.47. The number of rotatable bonds is 1. The summed E-state index contributed by atoms with van der Waals surface area (Å²) >= 11 is 0. The Morgan fingerprint density at radius 1 is 1.37 bits per heavy atom. The Bertz CT molecular complexity index is 402. The third-order valence-electron chi connectivity index (χ3n) is 4.45. The maximum atomic E-state index is 12.7. The van der Waals surface area contributed by atoms with Gasteiger partial charge >= 0.3 is 0 Å². The number of hydrogen-bond donors (Lipinski definition) is 1. The monoisotopic (exact) mass is 268 g/mol. The van der Waals surface area contributed by atoms with Crippen LogP contribution in [0.5, 0.6) is 0 Å². The van der Waals surface area contributed by atoms with Gasteiger partial charge < -0.3 is 15.0 Å². The van der Waals surface area contributed by atoms with Crippen LogP contribution in [-0.2, 0) is 14.3 Å². The van der Waals surface area contributed by atoms with Crippen molar-refractivity contribution in [3.8, 4) is 0 Å². The maximum Gasteiger partial charge on any atom is 0.246 e. The molecule has 5 nitrogen and oxygen atoms in total. The number of carbonyl (C=O) groups excluding carboxylic acids is 2. The maximum absolute atomic E-state index is 12.7. The highest BCUT2D eigenvalue weighted by molar-refractivity contribution is 5.95. The molecule has 0 radical (unpaired) electrons. The van der Waals surface area contributed by atoms with Crippen molar-refractivity contribution in [3.63, 3.8) is 0 Å². The predicted molar refractivity (Wildman–Crippen MR) is 71.5 cm³/mol. The second-order valence-corrected chi connectivity index (χ2v) is 6.91. The van der Waals surface area contributed by atoms with E-state index in [1.54, 1.807) is 4.90 Å². The third kappa shape index (κ3) is 2.36. The first-order valence-electron chi connectivity index (χ1n) is 6.89. The van der Waals surface area contributed by atoms with Crippen LogP contribution in [0, 0.1) is 5.41 Å². The minimum Gasteiger partial charge on any atom is -0.376 e. The summed E-state index contributed by atoms with van der Waals surface area (Å²) in [7, 11) is 0. The predicted octanol–water partition coefficient (Wildman–Crippen LogP) is 0.927. The van der Waals surface area contributed by atoms with Gasteiger partial charge in [0.1, 0.15) is 12.6 Å². The summed E-state index contributed by atoms with van der Waals surface area (Å²) < 4.78 is 5.60. The molecule has 2 saturated heterocycles. The Balaban J connectivity index is 2.30. The van der Waals surface area contributed by atoms with E-state index in [0.29, 0.717) is 6.61 Å². The van der Waals surface area contributed by atoms with Crippen LogP contribution in [0.2, 0.25) is 0 Å². The molecule has 2 aliphatic heterocycles. The van der Waals surface area contributed by atoms with E-state index in [0.717, 1.165) is 6.42 Å². The zero-order valence-electron chi connectivity index (χ0n) is 12.4. The fourth-order valence-electron chi connectivity index (χ4n) is 2.84. The summed E-state index contributed by atoms with van der Waals surface area (Å²) in [4.78, 5) is 26.4. The zero-order valence-corrected chi connectivity index (χ0v) is 12.4. The Morgan fingerprint density at radius 3 is 2.47 bits per heavy atom. The highest BCUT2D eigenvalue weighted by atomic mass is 16.5. The van der Waals surface area contributed by atoms with Crippen molar-refractivity contribution < 1.29 is 14.3 Å². The SMILES string of the molecule is CC1OCCC1(C)N1CC(=O)NC(C(C)(C)C)C1=O. The van der Waals surface area contributed by atoms with Crippen molar-refractivity contribution in [3.05, 3.63) is 0 Å². The topological polar surface area (TPSA) is 58.6 Å². The molecule has 2 aliphatic rings. The molecule has 2 heterocycles. The van der Waals surface area contributed by atoms with Gasteiger partial charge in [-0.3, -0.25) is 9.59 Å². The first kappa shape index (κ1) is 14.3. The van der Waals surface area contributed by atoms with E-state index in [-0.39, 0.29) is 35.4 Å². The van der Waals surface area contributed by atoms with Crippen molar-refractivity contribution in [2.24, 2.45) is 5.41 Å². The van der Waals surface area contributed by atoms with E-state index in [4.69, 9.17) is 4.74 Å². The molecule has 1 N–H and O–H groups in total. The van der Waals surface area contributed by atoms with Gasteiger partial charge in [0, 0.05) is 6.61 Å². The average molecular weight is 268 g/mol. The number of hydrogen-bond acceptors (Lipinski definition) is 3. The lowest BCUT2D eigenvalue weighted by atomic mass is 9.82. The minimum absolute atomic E-state index is 0.00644. The second kappa shape index (κ2) is 4.47. The zero-order chi connectivity index (χ0) is 14.4. The second-order valence-electron chi connectivity index (χ2n) is 6.91. The van der Waals surface area contributed by atoms with Gasteiger partial charge in [-0.1, -0.05) is 20.8 Å². The summed E-state index contributed by atoms with van der Waals surface area (Å²) in [6, 6.07) is -0.460. The Kier molecular flexibility index (Phi) is 3.37. The van der Waals surface area contributed by atoms with Crippen LogP contribution in [0.4, 0.5) is 0 Å².